The number of rotatable bonds is 8. The molecular weight excluding hydrogens is 453 g/mol. The lowest BCUT2D eigenvalue weighted by molar-refractivity contribution is 0.145. The zero-order valence-corrected chi connectivity index (χ0v) is 18.9. The molecule has 0 aliphatic rings. The largest absolute Gasteiger partial charge is 0.491 e. The number of hydrogen-bond acceptors (Lipinski definition) is 3. The van der Waals surface area contributed by atoms with E-state index in [1.807, 2.05) is 0 Å². The van der Waals surface area contributed by atoms with E-state index in [1.54, 1.807) is 14.2 Å². The molecule has 0 atom stereocenters. The van der Waals surface area contributed by atoms with E-state index in [9.17, 15) is 0 Å². The molecule has 0 aliphatic carbocycles. The fourth-order valence-corrected chi connectivity index (χ4v) is 2.58. The number of nitrogens with zero attached hydrogens (tertiary/aromatic N) is 1. The second kappa shape index (κ2) is 12.6. The van der Waals surface area contributed by atoms with Crippen LogP contribution < -0.4 is 15.4 Å². The lowest BCUT2D eigenvalue weighted by atomic mass is 10.1. The summed E-state index contributed by atoms with van der Waals surface area (Å²) in [6.45, 7) is 6.62. The Morgan fingerprint density at radius 3 is 2.41 bits per heavy atom. The maximum atomic E-state index is 5.84. The molecule has 0 bridgehead atoms. The number of nitrogens with one attached hydrogen (secondary N) is 2. The first kappa shape index (κ1) is 23.2. The van der Waals surface area contributed by atoms with Gasteiger partial charge in [-0.25, -0.2) is 0 Å². The lowest BCUT2D eigenvalue weighted by Gasteiger charge is -2.15. The molecule has 2 rings (SSSR count). The van der Waals surface area contributed by atoms with Crippen molar-refractivity contribution in [3.63, 3.8) is 0 Å². The van der Waals surface area contributed by atoms with Gasteiger partial charge in [-0.05, 0) is 31.0 Å². The molecule has 148 valence electrons. The zero-order chi connectivity index (χ0) is 18.8. The number of benzene rings is 2. The van der Waals surface area contributed by atoms with Crippen molar-refractivity contribution >= 4 is 29.9 Å². The molecule has 0 radical (unpaired) electrons. The lowest BCUT2D eigenvalue weighted by Crippen LogP contribution is -2.36. The summed E-state index contributed by atoms with van der Waals surface area (Å²) in [6.07, 6.45) is 0. The average Bonchev–Trinajstić information content (AvgIpc) is 2.63. The Morgan fingerprint density at radius 1 is 0.963 bits per heavy atom. The van der Waals surface area contributed by atoms with E-state index in [-0.39, 0.29) is 24.0 Å². The number of guanidine groups is 1. The van der Waals surface area contributed by atoms with Crippen LogP contribution in [0.5, 0.6) is 5.75 Å². The molecule has 0 amide bonds. The van der Waals surface area contributed by atoms with E-state index in [0.717, 1.165) is 23.8 Å². The third kappa shape index (κ3) is 8.17. The predicted octanol–water partition coefficient (Wildman–Crippen LogP) is 3.81. The number of hydrogen-bond donors (Lipinski definition) is 2. The van der Waals surface area contributed by atoms with E-state index in [0.29, 0.717) is 19.8 Å². The first-order valence-corrected chi connectivity index (χ1v) is 8.83. The molecule has 0 saturated heterocycles. The van der Waals surface area contributed by atoms with Gasteiger partial charge in [0.15, 0.2) is 5.96 Å². The Bertz CT molecular complexity index is 735. The molecular formula is C21H30IN3O2. The van der Waals surface area contributed by atoms with Crippen LogP contribution in [0.2, 0.25) is 0 Å². The molecule has 5 nitrogen and oxygen atoms in total. The van der Waals surface area contributed by atoms with Crippen LogP contribution in [-0.2, 0) is 17.8 Å². The molecule has 0 aromatic heterocycles. The van der Waals surface area contributed by atoms with Gasteiger partial charge in [0, 0.05) is 32.8 Å². The molecule has 2 N–H and O–H groups in total. The molecule has 0 spiro atoms. The highest BCUT2D eigenvalue weighted by atomic mass is 127. The summed E-state index contributed by atoms with van der Waals surface area (Å²) in [4.78, 5) is 4.30. The highest BCUT2D eigenvalue weighted by Gasteiger charge is 2.06. The minimum absolute atomic E-state index is 0. The van der Waals surface area contributed by atoms with Gasteiger partial charge in [-0.1, -0.05) is 42.0 Å². The van der Waals surface area contributed by atoms with Gasteiger partial charge in [-0.2, -0.15) is 0 Å². The topological polar surface area (TPSA) is 54.9 Å². The van der Waals surface area contributed by atoms with Crippen molar-refractivity contribution in [3.05, 3.63) is 64.7 Å². The SMILES string of the molecule is CN=C(NCc1cccc(C)c1)NCc1ccc(C)cc1OCCOC.I. The standard InChI is InChI=1S/C21H29N3O2.HI/c1-16-6-5-7-18(12-16)14-23-21(22-3)24-15-19-9-8-17(2)13-20(19)26-11-10-25-4;/h5-9,12-13H,10-11,14-15H2,1-4H3,(H2,22,23,24);1H. The Kier molecular flexibility index (Phi) is 10.8. The summed E-state index contributed by atoms with van der Waals surface area (Å²) >= 11 is 0. The fraction of sp³-hybridized carbons (Fsp3) is 0.381. The molecule has 2 aromatic rings. The summed E-state index contributed by atoms with van der Waals surface area (Å²) < 4.78 is 10.9. The predicted molar refractivity (Wildman–Crippen MR) is 122 cm³/mol. The van der Waals surface area contributed by atoms with Crippen LogP contribution in [0.25, 0.3) is 0 Å². The number of ether oxygens (including phenoxy) is 2. The van der Waals surface area contributed by atoms with Crippen molar-refractivity contribution in [1.29, 1.82) is 0 Å². The quantitative estimate of drug-likeness (QED) is 0.260. The van der Waals surface area contributed by atoms with Gasteiger partial charge < -0.3 is 20.1 Å². The second-order valence-electron chi connectivity index (χ2n) is 6.22. The molecule has 0 heterocycles. The first-order chi connectivity index (χ1) is 12.6. The van der Waals surface area contributed by atoms with Crippen LogP contribution in [0.3, 0.4) is 0 Å². The van der Waals surface area contributed by atoms with Gasteiger partial charge in [0.2, 0.25) is 0 Å². The minimum atomic E-state index is 0. The van der Waals surface area contributed by atoms with Gasteiger partial charge in [0.05, 0.1) is 6.61 Å². The van der Waals surface area contributed by atoms with Crippen molar-refractivity contribution in [2.45, 2.75) is 26.9 Å². The molecule has 0 fully saturated rings. The maximum Gasteiger partial charge on any atom is 0.191 e. The third-order valence-electron chi connectivity index (χ3n) is 3.98. The van der Waals surface area contributed by atoms with Crippen molar-refractivity contribution in [2.24, 2.45) is 4.99 Å². The van der Waals surface area contributed by atoms with E-state index >= 15 is 0 Å². The van der Waals surface area contributed by atoms with Crippen LogP contribution in [0, 0.1) is 13.8 Å². The highest BCUT2D eigenvalue weighted by Crippen LogP contribution is 2.20. The van der Waals surface area contributed by atoms with Crippen molar-refractivity contribution < 1.29 is 9.47 Å². The van der Waals surface area contributed by atoms with Gasteiger partial charge in [0.1, 0.15) is 12.4 Å². The summed E-state index contributed by atoms with van der Waals surface area (Å²) in [6, 6.07) is 14.7. The maximum absolute atomic E-state index is 5.84. The molecule has 0 saturated carbocycles. The van der Waals surface area contributed by atoms with Crippen LogP contribution >= 0.6 is 24.0 Å². The highest BCUT2D eigenvalue weighted by molar-refractivity contribution is 14.0. The third-order valence-corrected chi connectivity index (χ3v) is 3.98. The summed E-state index contributed by atoms with van der Waals surface area (Å²) in [5, 5.41) is 6.69. The van der Waals surface area contributed by atoms with E-state index < -0.39 is 0 Å². The van der Waals surface area contributed by atoms with Gasteiger partial charge >= 0.3 is 0 Å². The van der Waals surface area contributed by atoms with Crippen LogP contribution in [-0.4, -0.2) is 33.3 Å². The van der Waals surface area contributed by atoms with Gasteiger partial charge in [-0.3, -0.25) is 4.99 Å². The molecule has 2 aromatic carbocycles. The van der Waals surface area contributed by atoms with Crippen molar-refractivity contribution in [1.82, 2.24) is 10.6 Å². The molecule has 27 heavy (non-hydrogen) atoms. The minimum Gasteiger partial charge on any atom is -0.491 e. The van der Waals surface area contributed by atoms with E-state index in [1.165, 1.54) is 16.7 Å². The van der Waals surface area contributed by atoms with Crippen molar-refractivity contribution in [3.8, 4) is 5.75 Å². The monoisotopic (exact) mass is 483 g/mol. The van der Waals surface area contributed by atoms with Crippen LogP contribution in [0.4, 0.5) is 0 Å². The molecule has 0 aliphatic heterocycles. The Balaban J connectivity index is 0.00000364. The van der Waals surface area contributed by atoms with Gasteiger partial charge in [-0.15, -0.1) is 24.0 Å². The zero-order valence-electron chi connectivity index (χ0n) is 16.5. The van der Waals surface area contributed by atoms with Gasteiger partial charge in [0.25, 0.3) is 0 Å². The summed E-state index contributed by atoms with van der Waals surface area (Å²) in [7, 11) is 3.45. The number of aryl methyl sites for hydroxylation is 2. The Labute approximate surface area is 179 Å². The smallest absolute Gasteiger partial charge is 0.191 e. The van der Waals surface area contributed by atoms with Crippen LogP contribution in [0.15, 0.2) is 47.5 Å². The second-order valence-corrected chi connectivity index (χ2v) is 6.22. The Hall–Kier alpha value is -1.80. The first-order valence-electron chi connectivity index (χ1n) is 8.83. The molecule has 6 heteroatoms. The summed E-state index contributed by atoms with van der Waals surface area (Å²) in [5.74, 6) is 1.64. The average molecular weight is 483 g/mol. The van der Waals surface area contributed by atoms with Crippen molar-refractivity contribution in [2.75, 3.05) is 27.4 Å². The fourth-order valence-electron chi connectivity index (χ4n) is 2.58. The van der Waals surface area contributed by atoms with Crippen LogP contribution in [0.1, 0.15) is 22.3 Å². The number of aliphatic imine (C=N–C) groups is 1. The number of halogens is 1. The Morgan fingerprint density at radius 2 is 1.70 bits per heavy atom. The number of methoxy groups -OCH3 is 1. The van der Waals surface area contributed by atoms with E-state index in [4.69, 9.17) is 9.47 Å². The molecule has 0 unspecified atom stereocenters. The van der Waals surface area contributed by atoms with E-state index in [2.05, 4.69) is 71.9 Å². The summed E-state index contributed by atoms with van der Waals surface area (Å²) in [5.41, 5.74) is 4.74. The normalized spacial score (nSPS) is 10.9.